The second kappa shape index (κ2) is 3.43. The minimum Gasteiger partial charge on any atom is -0.266 e. The van der Waals surface area contributed by atoms with Gasteiger partial charge in [0.2, 0.25) is 5.95 Å². The van der Waals surface area contributed by atoms with Crippen LogP contribution in [0, 0.1) is 5.95 Å². The Balaban J connectivity index is 2.30. The van der Waals surface area contributed by atoms with Gasteiger partial charge in [-0.1, -0.05) is 0 Å². The topological polar surface area (TPSA) is 37.6 Å². The van der Waals surface area contributed by atoms with Gasteiger partial charge < -0.3 is 0 Å². The van der Waals surface area contributed by atoms with Crippen LogP contribution < -0.4 is 0 Å². The van der Waals surface area contributed by atoms with Crippen LogP contribution in [0.4, 0.5) is 4.39 Å². The molecule has 0 spiro atoms. The molecule has 2 heterocycles. The van der Waals surface area contributed by atoms with Crippen LogP contribution in [0.3, 0.4) is 0 Å². The predicted octanol–water partition coefficient (Wildman–Crippen LogP) is 1.44. The number of pyridine rings is 1. The smallest absolute Gasteiger partial charge is 0.212 e. The minimum atomic E-state index is -0.482. The summed E-state index contributed by atoms with van der Waals surface area (Å²) < 4.78 is 12.5. The van der Waals surface area contributed by atoms with Gasteiger partial charge in [-0.25, -0.2) is 9.98 Å². The average molecular weight is 177 g/mol. The predicted molar refractivity (Wildman–Crippen MR) is 48.7 cm³/mol. The zero-order valence-corrected chi connectivity index (χ0v) is 6.94. The lowest BCUT2D eigenvalue weighted by molar-refractivity contribution is 0.583. The van der Waals surface area contributed by atoms with Crippen LogP contribution in [0.1, 0.15) is 12.0 Å². The van der Waals surface area contributed by atoms with E-state index in [4.69, 9.17) is 0 Å². The quantitative estimate of drug-likeness (QED) is 0.598. The lowest BCUT2D eigenvalue weighted by Crippen LogP contribution is -2.05. The van der Waals surface area contributed by atoms with Gasteiger partial charge in [0.1, 0.15) is 0 Å². The molecule has 13 heavy (non-hydrogen) atoms. The number of hydrogen-bond donors (Lipinski definition) is 0. The summed E-state index contributed by atoms with van der Waals surface area (Å²) in [7, 11) is 0. The molecular formula is C9H8FN3. The van der Waals surface area contributed by atoms with Crippen molar-refractivity contribution >= 4 is 12.1 Å². The number of nitrogens with zero attached hydrogens (tertiary/aromatic N) is 3. The van der Waals surface area contributed by atoms with Crippen molar-refractivity contribution in [2.24, 2.45) is 9.98 Å². The summed E-state index contributed by atoms with van der Waals surface area (Å²) in [5.74, 6) is 0.155. The molecule has 0 unspecified atom stereocenters. The Morgan fingerprint density at radius 1 is 1.31 bits per heavy atom. The molecule has 0 amide bonds. The molecule has 66 valence electrons. The second-order valence-corrected chi connectivity index (χ2v) is 2.68. The highest BCUT2D eigenvalue weighted by molar-refractivity contribution is 6.03. The normalized spacial score (nSPS) is 15.6. The Morgan fingerprint density at radius 3 is 2.85 bits per heavy atom. The van der Waals surface area contributed by atoms with Crippen molar-refractivity contribution in [3.8, 4) is 0 Å². The van der Waals surface area contributed by atoms with Crippen LogP contribution in [-0.4, -0.2) is 23.6 Å². The molecule has 0 fully saturated rings. The maximum atomic E-state index is 12.5. The zero-order valence-electron chi connectivity index (χ0n) is 6.94. The molecule has 0 atom stereocenters. The van der Waals surface area contributed by atoms with E-state index < -0.39 is 5.95 Å². The van der Waals surface area contributed by atoms with Crippen molar-refractivity contribution in [2.45, 2.75) is 6.42 Å². The van der Waals surface area contributed by atoms with Gasteiger partial charge in [-0.05, 0) is 12.1 Å². The molecule has 0 aliphatic carbocycles. The summed E-state index contributed by atoms with van der Waals surface area (Å²) in [6, 6.07) is 2.94. The van der Waals surface area contributed by atoms with Crippen molar-refractivity contribution in [2.75, 3.05) is 6.54 Å². The van der Waals surface area contributed by atoms with E-state index in [1.807, 2.05) is 6.21 Å². The first-order chi connectivity index (χ1) is 6.36. The Bertz CT molecular complexity index is 354. The maximum absolute atomic E-state index is 12.5. The first kappa shape index (κ1) is 8.04. The molecule has 0 saturated carbocycles. The lowest BCUT2D eigenvalue weighted by Gasteiger charge is -2.03. The first-order valence-electron chi connectivity index (χ1n) is 4.05. The van der Waals surface area contributed by atoms with Gasteiger partial charge in [0.15, 0.2) is 5.84 Å². The standard InChI is InChI=1S/C9H8FN3/c10-8-3-2-7(6-13-8)9-11-4-1-5-12-9/h2-4,6H,1,5H2. The van der Waals surface area contributed by atoms with Gasteiger partial charge in [0.25, 0.3) is 0 Å². The molecular weight excluding hydrogens is 169 g/mol. The van der Waals surface area contributed by atoms with Gasteiger partial charge in [-0.2, -0.15) is 4.39 Å². The first-order valence-corrected chi connectivity index (χ1v) is 4.05. The Morgan fingerprint density at radius 2 is 2.23 bits per heavy atom. The fourth-order valence-electron chi connectivity index (χ4n) is 1.09. The Kier molecular flexibility index (Phi) is 2.12. The lowest BCUT2D eigenvalue weighted by atomic mass is 10.2. The van der Waals surface area contributed by atoms with Crippen molar-refractivity contribution in [1.82, 2.24) is 4.98 Å². The fraction of sp³-hybridized carbons (Fsp3) is 0.222. The van der Waals surface area contributed by atoms with Crippen LogP contribution >= 0.6 is 0 Å². The van der Waals surface area contributed by atoms with Crippen LogP contribution in [0.25, 0.3) is 0 Å². The summed E-state index contributed by atoms with van der Waals surface area (Å²) in [6.45, 7) is 0.746. The molecule has 0 N–H and O–H groups in total. The fourth-order valence-corrected chi connectivity index (χ4v) is 1.09. The van der Waals surface area contributed by atoms with E-state index in [1.54, 1.807) is 6.07 Å². The number of rotatable bonds is 1. The van der Waals surface area contributed by atoms with E-state index >= 15 is 0 Å². The van der Waals surface area contributed by atoms with Crippen LogP contribution in [0.15, 0.2) is 28.3 Å². The Hall–Kier alpha value is -1.58. The third kappa shape index (κ3) is 1.77. The summed E-state index contributed by atoms with van der Waals surface area (Å²) in [5.41, 5.74) is 0.761. The highest BCUT2D eigenvalue weighted by Crippen LogP contribution is 2.05. The van der Waals surface area contributed by atoms with Crippen molar-refractivity contribution in [1.29, 1.82) is 0 Å². The number of amidine groups is 1. The maximum Gasteiger partial charge on any atom is 0.212 e. The molecule has 0 bridgehead atoms. The molecule has 3 nitrogen and oxygen atoms in total. The molecule has 1 aliphatic heterocycles. The number of hydrogen-bond acceptors (Lipinski definition) is 3. The minimum absolute atomic E-state index is 0.482. The van der Waals surface area contributed by atoms with Crippen molar-refractivity contribution in [3.05, 3.63) is 29.8 Å². The van der Waals surface area contributed by atoms with Crippen LogP contribution in [0.5, 0.6) is 0 Å². The van der Waals surface area contributed by atoms with Crippen molar-refractivity contribution < 1.29 is 4.39 Å². The number of halogens is 1. The molecule has 2 rings (SSSR count). The summed E-state index contributed by atoms with van der Waals surface area (Å²) >= 11 is 0. The summed E-state index contributed by atoms with van der Waals surface area (Å²) in [6.07, 6.45) is 4.13. The monoisotopic (exact) mass is 177 g/mol. The van der Waals surface area contributed by atoms with E-state index in [9.17, 15) is 4.39 Å². The second-order valence-electron chi connectivity index (χ2n) is 2.68. The van der Waals surface area contributed by atoms with E-state index in [1.165, 1.54) is 12.3 Å². The van der Waals surface area contributed by atoms with Gasteiger partial charge >= 0.3 is 0 Å². The van der Waals surface area contributed by atoms with Crippen LogP contribution in [0.2, 0.25) is 0 Å². The average Bonchev–Trinajstić information content (AvgIpc) is 2.20. The van der Waals surface area contributed by atoms with Gasteiger partial charge in [0.05, 0.1) is 0 Å². The van der Waals surface area contributed by atoms with E-state index in [2.05, 4.69) is 15.0 Å². The molecule has 1 aromatic rings. The molecule has 1 aliphatic rings. The molecule has 1 aromatic heterocycles. The third-order valence-electron chi connectivity index (χ3n) is 1.72. The highest BCUT2D eigenvalue weighted by Gasteiger charge is 2.04. The van der Waals surface area contributed by atoms with E-state index in [-0.39, 0.29) is 0 Å². The van der Waals surface area contributed by atoms with Crippen molar-refractivity contribution in [3.63, 3.8) is 0 Å². The van der Waals surface area contributed by atoms with Gasteiger partial charge in [-0.3, -0.25) is 4.99 Å². The molecule has 0 aromatic carbocycles. The third-order valence-corrected chi connectivity index (χ3v) is 1.72. The Labute approximate surface area is 75.1 Å². The summed E-state index contributed by atoms with van der Waals surface area (Å²) in [5, 5.41) is 0. The van der Waals surface area contributed by atoms with Gasteiger partial charge in [0, 0.05) is 30.9 Å². The highest BCUT2D eigenvalue weighted by atomic mass is 19.1. The molecule has 4 heteroatoms. The van der Waals surface area contributed by atoms with E-state index in [0.29, 0.717) is 5.84 Å². The SMILES string of the molecule is Fc1ccc(C2=NCCC=N2)cn1. The molecule has 0 radical (unpaired) electrons. The van der Waals surface area contributed by atoms with E-state index in [0.717, 1.165) is 18.5 Å². The number of aromatic nitrogens is 1. The number of aliphatic imine (C=N–C) groups is 2. The van der Waals surface area contributed by atoms with Gasteiger partial charge in [-0.15, -0.1) is 0 Å². The summed E-state index contributed by atoms with van der Waals surface area (Å²) in [4.78, 5) is 11.8. The van der Waals surface area contributed by atoms with Crippen LogP contribution in [-0.2, 0) is 0 Å². The molecule has 0 saturated heterocycles. The largest absolute Gasteiger partial charge is 0.266 e. The zero-order chi connectivity index (χ0) is 9.10.